The van der Waals surface area contributed by atoms with Crippen LogP contribution in [0.15, 0.2) is 18.2 Å². The van der Waals surface area contributed by atoms with E-state index in [-0.39, 0.29) is 6.42 Å². The number of aromatic nitrogens is 2. The third kappa shape index (κ3) is 2.59. The number of nitrogens with zero attached hydrogens (tertiary/aromatic N) is 2. The van der Waals surface area contributed by atoms with Gasteiger partial charge in [-0.1, -0.05) is 6.07 Å². The van der Waals surface area contributed by atoms with Crippen molar-refractivity contribution in [3.8, 4) is 0 Å². The van der Waals surface area contributed by atoms with E-state index in [9.17, 15) is 9.90 Å². The first kappa shape index (κ1) is 13.5. The Hall–Kier alpha value is -1.92. The molecule has 6 heteroatoms. The molecule has 6 nitrogen and oxygen atoms in total. The summed E-state index contributed by atoms with van der Waals surface area (Å²) in [7, 11) is 1.91. The van der Waals surface area contributed by atoms with Gasteiger partial charge in [-0.25, -0.2) is 4.98 Å². The number of aliphatic carboxylic acids is 1. The molecule has 0 radical (unpaired) electrons. The molecule has 0 fully saturated rings. The second kappa shape index (κ2) is 4.99. The Morgan fingerprint density at radius 3 is 2.84 bits per heavy atom. The van der Waals surface area contributed by atoms with Crippen molar-refractivity contribution in [1.29, 1.82) is 0 Å². The predicted molar refractivity (Wildman–Crippen MR) is 70.6 cm³/mol. The number of carboxylic acids is 1. The van der Waals surface area contributed by atoms with Gasteiger partial charge in [0.25, 0.3) is 0 Å². The summed E-state index contributed by atoms with van der Waals surface area (Å²) in [5.74, 6) is -0.155. The van der Waals surface area contributed by atoms with Gasteiger partial charge in [0, 0.05) is 13.1 Å². The van der Waals surface area contributed by atoms with Crippen LogP contribution in [0.25, 0.3) is 11.0 Å². The molecule has 0 saturated carbocycles. The van der Waals surface area contributed by atoms with Crippen molar-refractivity contribution in [3.05, 3.63) is 29.6 Å². The Bertz CT molecular complexity index is 621. The zero-order chi connectivity index (χ0) is 14.2. The molecule has 0 spiro atoms. The van der Waals surface area contributed by atoms with Gasteiger partial charge in [-0.15, -0.1) is 0 Å². The highest BCUT2D eigenvalue weighted by Crippen LogP contribution is 2.23. The van der Waals surface area contributed by atoms with Crippen molar-refractivity contribution in [3.63, 3.8) is 0 Å². The first-order chi connectivity index (χ1) is 8.90. The summed E-state index contributed by atoms with van der Waals surface area (Å²) in [6.07, 6.45) is -1.29. The molecule has 4 N–H and O–H groups in total. The monoisotopic (exact) mass is 263 g/mol. The molecule has 0 bridgehead atoms. The molecule has 0 aliphatic rings. The molecule has 0 saturated heterocycles. The maximum Gasteiger partial charge on any atom is 0.305 e. The van der Waals surface area contributed by atoms with Gasteiger partial charge in [0.05, 0.1) is 23.6 Å². The van der Waals surface area contributed by atoms with Crippen LogP contribution in [-0.2, 0) is 11.8 Å². The smallest absolute Gasteiger partial charge is 0.305 e. The van der Waals surface area contributed by atoms with E-state index in [1.807, 2.05) is 24.6 Å². The Morgan fingerprint density at radius 2 is 2.21 bits per heavy atom. The lowest BCUT2D eigenvalue weighted by molar-refractivity contribution is -0.138. The van der Waals surface area contributed by atoms with Gasteiger partial charge in [-0.05, 0) is 24.6 Å². The molecule has 0 amide bonds. The molecular weight excluding hydrogens is 246 g/mol. The molecule has 2 atom stereocenters. The van der Waals surface area contributed by atoms with Crippen LogP contribution in [0.1, 0.15) is 23.9 Å². The van der Waals surface area contributed by atoms with Crippen LogP contribution in [0.4, 0.5) is 0 Å². The van der Waals surface area contributed by atoms with E-state index in [1.54, 1.807) is 12.1 Å². The molecule has 2 aromatic rings. The van der Waals surface area contributed by atoms with Crippen molar-refractivity contribution in [2.24, 2.45) is 12.8 Å². The quantitative estimate of drug-likeness (QED) is 0.754. The fraction of sp³-hybridized carbons (Fsp3) is 0.385. The molecule has 2 rings (SSSR count). The van der Waals surface area contributed by atoms with Crippen LogP contribution >= 0.6 is 0 Å². The summed E-state index contributed by atoms with van der Waals surface area (Å²) in [6.45, 7) is 1.90. The van der Waals surface area contributed by atoms with Crippen LogP contribution in [-0.4, -0.2) is 31.8 Å². The van der Waals surface area contributed by atoms with Crippen LogP contribution in [0.5, 0.6) is 0 Å². The number of nitrogens with two attached hydrogens (primary N) is 1. The van der Waals surface area contributed by atoms with Gasteiger partial charge in [-0.3, -0.25) is 4.79 Å². The number of aliphatic hydroxyl groups is 1. The summed E-state index contributed by atoms with van der Waals surface area (Å²) in [4.78, 5) is 15.0. The minimum atomic E-state index is -1.03. The second-order valence-electron chi connectivity index (χ2n) is 4.67. The molecule has 1 aromatic carbocycles. The fourth-order valence-corrected chi connectivity index (χ4v) is 2.08. The Balaban J connectivity index is 2.32. The number of hydrogen-bond donors (Lipinski definition) is 3. The number of aryl methyl sites for hydroxylation is 2. The number of carbonyl (C=O) groups is 1. The molecule has 0 aliphatic heterocycles. The Morgan fingerprint density at radius 1 is 1.53 bits per heavy atom. The highest BCUT2D eigenvalue weighted by atomic mass is 16.4. The lowest BCUT2D eigenvalue weighted by atomic mass is 10.00. The largest absolute Gasteiger partial charge is 0.481 e. The van der Waals surface area contributed by atoms with E-state index in [1.165, 1.54) is 0 Å². The highest BCUT2D eigenvalue weighted by molar-refractivity contribution is 5.77. The highest BCUT2D eigenvalue weighted by Gasteiger charge is 2.20. The molecule has 1 heterocycles. The number of rotatable bonds is 4. The molecule has 102 valence electrons. The van der Waals surface area contributed by atoms with Crippen molar-refractivity contribution < 1.29 is 15.0 Å². The van der Waals surface area contributed by atoms with Gasteiger partial charge >= 0.3 is 5.97 Å². The molecule has 0 aliphatic carbocycles. The molecule has 2 unspecified atom stereocenters. The predicted octanol–water partition coefficient (Wildman–Crippen LogP) is 0.717. The maximum atomic E-state index is 10.6. The number of imidazole rings is 1. The first-order valence-corrected chi connectivity index (χ1v) is 5.98. The first-order valence-electron chi connectivity index (χ1n) is 5.98. The Labute approximate surface area is 110 Å². The van der Waals surface area contributed by atoms with E-state index in [0.717, 1.165) is 16.9 Å². The van der Waals surface area contributed by atoms with E-state index >= 15 is 0 Å². The van der Waals surface area contributed by atoms with Crippen molar-refractivity contribution in [2.45, 2.75) is 25.5 Å². The van der Waals surface area contributed by atoms with Crippen LogP contribution in [0, 0.1) is 6.92 Å². The summed E-state index contributed by atoms with van der Waals surface area (Å²) in [6, 6.07) is 4.51. The second-order valence-corrected chi connectivity index (χ2v) is 4.67. The summed E-state index contributed by atoms with van der Waals surface area (Å²) in [5, 5.41) is 18.7. The third-order valence-electron chi connectivity index (χ3n) is 3.29. The van der Waals surface area contributed by atoms with E-state index in [2.05, 4.69) is 4.98 Å². The van der Waals surface area contributed by atoms with Crippen LogP contribution in [0.3, 0.4) is 0 Å². The standard InChI is InChI=1S/C13H17N3O3/c1-7-15-10-5-8(3-4-11(10)16(7)2)13(19)9(14)6-12(17)18/h3-5,9,13,19H,6,14H2,1-2H3,(H,17,18). The Kier molecular flexibility index (Phi) is 3.55. The van der Waals surface area contributed by atoms with Crippen molar-refractivity contribution in [1.82, 2.24) is 9.55 Å². The number of benzene rings is 1. The normalized spacial score (nSPS) is 14.5. The summed E-state index contributed by atoms with van der Waals surface area (Å²) >= 11 is 0. The minimum absolute atomic E-state index is 0.277. The van der Waals surface area contributed by atoms with Gasteiger partial charge in [0.1, 0.15) is 5.82 Å². The average molecular weight is 263 g/mol. The fourth-order valence-electron chi connectivity index (χ4n) is 2.08. The third-order valence-corrected chi connectivity index (χ3v) is 3.29. The van der Waals surface area contributed by atoms with Gasteiger partial charge in [0.15, 0.2) is 0 Å². The van der Waals surface area contributed by atoms with Gasteiger partial charge < -0.3 is 20.5 Å². The van der Waals surface area contributed by atoms with E-state index in [4.69, 9.17) is 10.8 Å². The van der Waals surface area contributed by atoms with Crippen LogP contribution in [0.2, 0.25) is 0 Å². The van der Waals surface area contributed by atoms with Crippen LogP contribution < -0.4 is 5.73 Å². The molecule has 19 heavy (non-hydrogen) atoms. The summed E-state index contributed by atoms with van der Waals surface area (Å²) in [5.41, 5.74) is 7.98. The lowest BCUT2D eigenvalue weighted by Gasteiger charge is -2.17. The van der Waals surface area contributed by atoms with E-state index in [0.29, 0.717) is 5.56 Å². The molecule has 1 aromatic heterocycles. The lowest BCUT2D eigenvalue weighted by Crippen LogP contribution is -2.30. The zero-order valence-electron chi connectivity index (χ0n) is 10.9. The maximum absolute atomic E-state index is 10.6. The average Bonchev–Trinajstić information content (AvgIpc) is 2.63. The number of aliphatic hydroxyl groups excluding tert-OH is 1. The number of fused-ring (bicyclic) bond motifs is 1. The van der Waals surface area contributed by atoms with Gasteiger partial charge in [-0.2, -0.15) is 0 Å². The van der Waals surface area contributed by atoms with Crippen molar-refractivity contribution >= 4 is 17.0 Å². The minimum Gasteiger partial charge on any atom is -0.481 e. The van der Waals surface area contributed by atoms with E-state index < -0.39 is 18.1 Å². The zero-order valence-corrected chi connectivity index (χ0v) is 10.9. The topological polar surface area (TPSA) is 101 Å². The number of hydrogen-bond acceptors (Lipinski definition) is 4. The summed E-state index contributed by atoms with van der Waals surface area (Å²) < 4.78 is 1.95. The van der Waals surface area contributed by atoms with Crippen molar-refractivity contribution in [2.75, 3.05) is 0 Å². The number of carboxylic acid groups (broad SMARTS) is 1. The van der Waals surface area contributed by atoms with Gasteiger partial charge in [0.2, 0.25) is 0 Å². The SMILES string of the molecule is Cc1nc2cc(C(O)C(N)CC(=O)O)ccc2n1C. The molecular formula is C13H17N3O3.